The number of hydrogen-bond acceptors (Lipinski definition) is 3. The van der Waals surface area contributed by atoms with Crippen LogP contribution in [-0.2, 0) is 9.53 Å². The molecule has 120 valence electrons. The van der Waals surface area contributed by atoms with E-state index < -0.39 is 12.1 Å². The van der Waals surface area contributed by atoms with Crippen molar-refractivity contribution in [3.8, 4) is 0 Å². The number of methoxy groups -OCH3 is 1. The third-order valence-electron chi connectivity index (χ3n) is 4.95. The van der Waals surface area contributed by atoms with Crippen LogP contribution in [-0.4, -0.2) is 42.6 Å². The largest absolute Gasteiger partial charge is 0.453 e. The topological polar surface area (TPSA) is 58.6 Å². The molecule has 0 spiro atoms. The molecule has 5 heteroatoms. The summed E-state index contributed by atoms with van der Waals surface area (Å²) in [5, 5.41) is 2.79. The number of nitrogens with one attached hydrogen (secondary N) is 1. The molecule has 21 heavy (non-hydrogen) atoms. The van der Waals surface area contributed by atoms with Crippen LogP contribution >= 0.6 is 0 Å². The van der Waals surface area contributed by atoms with Gasteiger partial charge >= 0.3 is 6.09 Å². The number of nitrogens with zero attached hydrogens (tertiary/aromatic N) is 1. The maximum absolute atomic E-state index is 13.0. The monoisotopic (exact) mass is 296 g/mol. The zero-order valence-electron chi connectivity index (χ0n) is 13.4. The minimum Gasteiger partial charge on any atom is -0.453 e. The summed E-state index contributed by atoms with van der Waals surface area (Å²) in [6.45, 7) is 5.14. The van der Waals surface area contributed by atoms with Gasteiger partial charge in [0, 0.05) is 12.6 Å². The van der Waals surface area contributed by atoms with Crippen LogP contribution in [0.2, 0.25) is 0 Å². The van der Waals surface area contributed by atoms with Crippen LogP contribution in [0.1, 0.15) is 52.4 Å². The van der Waals surface area contributed by atoms with Crippen molar-refractivity contribution in [3.63, 3.8) is 0 Å². The maximum Gasteiger partial charge on any atom is 0.407 e. The first-order valence-electron chi connectivity index (χ1n) is 8.19. The summed E-state index contributed by atoms with van der Waals surface area (Å²) < 4.78 is 4.71. The fourth-order valence-electron chi connectivity index (χ4n) is 3.80. The normalized spacial score (nSPS) is 24.4. The first-order valence-corrected chi connectivity index (χ1v) is 8.19. The highest BCUT2D eigenvalue weighted by molar-refractivity contribution is 5.86. The molecule has 2 aliphatic rings. The number of amides is 2. The summed E-state index contributed by atoms with van der Waals surface area (Å²) >= 11 is 0. The summed E-state index contributed by atoms with van der Waals surface area (Å²) in [7, 11) is 1.35. The fraction of sp³-hybridized carbons (Fsp3) is 0.875. The van der Waals surface area contributed by atoms with Crippen LogP contribution < -0.4 is 5.32 Å². The van der Waals surface area contributed by atoms with E-state index in [1.54, 1.807) is 0 Å². The van der Waals surface area contributed by atoms with E-state index in [1.165, 1.54) is 7.11 Å². The van der Waals surface area contributed by atoms with Crippen LogP contribution in [0.15, 0.2) is 0 Å². The van der Waals surface area contributed by atoms with Crippen LogP contribution in [0.5, 0.6) is 0 Å². The standard InChI is InChI=1S/C16H28N2O3/c1-11(2)13-9-6-10-18(13)15(19)14(17-16(20)21-3)12-7-4-5-8-12/h11-14H,4-10H2,1-3H3,(H,17,20)/t13?,14-/m0/s1. The minimum atomic E-state index is -0.499. The molecule has 2 rings (SSSR count). The van der Waals surface area contributed by atoms with Crippen LogP contribution in [0.3, 0.4) is 0 Å². The predicted molar refractivity (Wildman–Crippen MR) is 80.9 cm³/mol. The minimum absolute atomic E-state index is 0.0866. The van der Waals surface area contributed by atoms with E-state index in [0.717, 1.165) is 45.1 Å². The molecule has 1 aliphatic heterocycles. The molecular formula is C16H28N2O3. The van der Waals surface area contributed by atoms with Crippen molar-refractivity contribution in [2.45, 2.75) is 64.5 Å². The van der Waals surface area contributed by atoms with Crippen molar-refractivity contribution in [2.75, 3.05) is 13.7 Å². The number of ether oxygens (including phenoxy) is 1. The van der Waals surface area contributed by atoms with Gasteiger partial charge in [-0.1, -0.05) is 26.7 Å². The van der Waals surface area contributed by atoms with E-state index in [4.69, 9.17) is 4.74 Å². The molecule has 1 saturated heterocycles. The van der Waals surface area contributed by atoms with Gasteiger partial charge in [0.2, 0.25) is 5.91 Å². The molecular weight excluding hydrogens is 268 g/mol. The summed E-state index contributed by atoms with van der Waals surface area (Å²) in [4.78, 5) is 26.6. The highest BCUT2D eigenvalue weighted by atomic mass is 16.5. The lowest BCUT2D eigenvalue weighted by Gasteiger charge is -2.33. The summed E-state index contributed by atoms with van der Waals surface area (Å²) in [5.74, 6) is 0.798. The number of likely N-dealkylation sites (tertiary alicyclic amines) is 1. The Labute approximate surface area is 127 Å². The number of carbonyl (C=O) groups is 2. The smallest absolute Gasteiger partial charge is 0.407 e. The molecule has 2 amide bonds. The van der Waals surface area contributed by atoms with Gasteiger partial charge in [-0.3, -0.25) is 4.79 Å². The molecule has 0 aromatic carbocycles. The lowest BCUT2D eigenvalue weighted by molar-refractivity contribution is -0.136. The molecule has 2 atom stereocenters. The Morgan fingerprint density at radius 2 is 1.81 bits per heavy atom. The van der Waals surface area contributed by atoms with Crippen molar-refractivity contribution >= 4 is 12.0 Å². The molecule has 1 aliphatic carbocycles. The zero-order valence-corrected chi connectivity index (χ0v) is 13.4. The van der Waals surface area contributed by atoms with E-state index in [0.29, 0.717) is 12.0 Å². The Morgan fingerprint density at radius 3 is 2.38 bits per heavy atom. The van der Waals surface area contributed by atoms with Crippen molar-refractivity contribution < 1.29 is 14.3 Å². The predicted octanol–water partition coefficient (Wildman–Crippen LogP) is 2.55. The third-order valence-corrected chi connectivity index (χ3v) is 4.95. The average Bonchev–Trinajstić information content (AvgIpc) is 3.13. The Hall–Kier alpha value is -1.26. The van der Waals surface area contributed by atoms with Gasteiger partial charge in [0.1, 0.15) is 6.04 Å². The lowest BCUT2D eigenvalue weighted by atomic mass is 9.95. The second kappa shape index (κ2) is 7.14. The molecule has 1 saturated carbocycles. The molecule has 1 N–H and O–H groups in total. The molecule has 0 aromatic rings. The zero-order chi connectivity index (χ0) is 15.4. The van der Waals surface area contributed by atoms with E-state index >= 15 is 0 Å². The lowest BCUT2D eigenvalue weighted by Crippen LogP contribution is -2.53. The summed E-state index contributed by atoms with van der Waals surface area (Å²) in [6, 6.07) is -0.111. The molecule has 1 heterocycles. The molecule has 5 nitrogen and oxygen atoms in total. The van der Waals surface area contributed by atoms with Crippen LogP contribution in [0.25, 0.3) is 0 Å². The van der Waals surface area contributed by atoms with Crippen molar-refractivity contribution in [2.24, 2.45) is 11.8 Å². The Balaban J connectivity index is 2.11. The molecule has 1 unspecified atom stereocenters. The third kappa shape index (κ3) is 3.69. The van der Waals surface area contributed by atoms with Crippen molar-refractivity contribution in [3.05, 3.63) is 0 Å². The number of carbonyl (C=O) groups excluding carboxylic acids is 2. The van der Waals surface area contributed by atoms with Gasteiger partial charge in [-0.05, 0) is 37.5 Å². The first kappa shape index (κ1) is 16.1. The molecule has 0 bridgehead atoms. The van der Waals surface area contributed by atoms with Gasteiger partial charge < -0.3 is 15.0 Å². The quantitative estimate of drug-likeness (QED) is 0.867. The number of rotatable bonds is 4. The van der Waals surface area contributed by atoms with Crippen molar-refractivity contribution in [1.82, 2.24) is 10.2 Å². The van der Waals surface area contributed by atoms with Crippen molar-refractivity contribution in [1.29, 1.82) is 0 Å². The van der Waals surface area contributed by atoms with E-state index in [2.05, 4.69) is 19.2 Å². The van der Waals surface area contributed by atoms with Gasteiger partial charge in [-0.15, -0.1) is 0 Å². The Kier molecular flexibility index (Phi) is 5.48. The van der Waals surface area contributed by atoms with E-state index in [1.807, 2.05) is 4.90 Å². The second-order valence-corrected chi connectivity index (χ2v) is 6.64. The first-order chi connectivity index (χ1) is 10.0. The average molecular weight is 296 g/mol. The number of hydrogen-bond donors (Lipinski definition) is 1. The summed E-state index contributed by atoms with van der Waals surface area (Å²) in [5.41, 5.74) is 0. The van der Waals surface area contributed by atoms with Crippen LogP contribution in [0, 0.1) is 11.8 Å². The second-order valence-electron chi connectivity index (χ2n) is 6.64. The van der Waals surface area contributed by atoms with Gasteiger partial charge in [-0.25, -0.2) is 4.79 Å². The van der Waals surface area contributed by atoms with Gasteiger partial charge in [0.05, 0.1) is 7.11 Å². The highest BCUT2D eigenvalue weighted by Crippen LogP contribution is 2.31. The molecule has 0 radical (unpaired) electrons. The molecule has 0 aromatic heterocycles. The van der Waals surface area contributed by atoms with Gasteiger partial charge in [-0.2, -0.15) is 0 Å². The molecule has 2 fully saturated rings. The van der Waals surface area contributed by atoms with E-state index in [9.17, 15) is 9.59 Å². The Morgan fingerprint density at radius 1 is 1.14 bits per heavy atom. The number of alkyl carbamates (subject to hydrolysis) is 1. The van der Waals surface area contributed by atoms with Gasteiger partial charge in [0.15, 0.2) is 0 Å². The van der Waals surface area contributed by atoms with Gasteiger partial charge in [0.25, 0.3) is 0 Å². The fourth-order valence-corrected chi connectivity index (χ4v) is 3.80. The summed E-state index contributed by atoms with van der Waals surface area (Å²) in [6.07, 6.45) is 5.95. The Bertz CT molecular complexity index is 378. The SMILES string of the molecule is COC(=O)N[C@H](C(=O)N1CCCC1C(C)C)C1CCCC1. The highest BCUT2D eigenvalue weighted by Gasteiger charge is 2.39. The van der Waals surface area contributed by atoms with Crippen LogP contribution in [0.4, 0.5) is 4.79 Å². The maximum atomic E-state index is 13.0. The van der Waals surface area contributed by atoms with E-state index in [-0.39, 0.29) is 11.8 Å².